The lowest BCUT2D eigenvalue weighted by Gasteiger charge is -2.17. The first kappa shape index (κ1) is 12.5. The number of pyridine rings is 1. The van der Waals surface area contributed by atoms with E-state index in [2.05, 4.69) is 23.7 Å². The van der Waals surface area contributed by atoms with Crippen LogP contribution in [0.15, 0.2) is 18.3 Å². The molecule has 0 saturated carbocycles. The van der Waals surface area contributed by atoms with E-state index in [-0.39, 0.29) is 0 Å². The van der Waals surface area contributed by atoms with Crippen molar-refractivity contribution in [1.29, 1.82) is 5.26 Å². The van der Waals surface area contributed by atoms with Gasteiger partial charge in [-0.1, -0.05) is 13.8 Å². The monoisotopic (exact) mass is 219 g/mol. The molecule has 1 aromatic heterocycles. The standard InChI is InChI=1S/C12H17N3O/c1-3-15(4-2)7-8-16-12-6-5-11(9-13)10-14-12/h5-6,10H,3-4,7-8H2,1-2H3. The van der Waals surface area contributed by atoms with Gasteiger partial charge >= 0.3 is 0 Å². The van der Waals surface area contributed by atoms with Crippen molar-refractivity contribution in [3.05, 3.63) is 23.9 Å². The van der Waals surface area contributed by atoms with Crippen molar-refractivity contribution in [2.75, 3.05) is 26.2 Å². The molecule has 0 radical (unpaired) electrons. The largest absolute Gasteiger partial charge is 0.476 e. The smallest absolute Gasteiger partial charge is 0.213 e. The molecule has 1 aromatic rings. The first-order valence-electron chi connectivity index (χ1n) is 5.51. The molecular formula is C12H17N3O. The number of ether oxygens (including phenoxy) is 1. The van der Waals surface area contributed by atoms with Gasteiger partial charge in [0.2, 0.25) is 5.88 Å². The van der Waals surface area contributed by atoms with Crippen LogP contribution in [0, 0.1) is 11.3 Å². The van der Waals surface area contributed by atoms with Crippen LogP contribution < -0.4 is 4.74 Å². The highest BCUT2D eigenvalue weighted by molar-refractivity contribution is 5.28. The number of hydrogen-bond donors (Lipinski definition) is 0. The van der Waals surface area contributed by atoms with Crippen molar-refractivity contribution >= 4 is 0 Å². The van der Waals surface area contributed by atoms with Gasteiger partial charge in [0, 0.05) is 18.8 Å². The zero-order valence-electron chi connectivity index (χ0n) is 9.81. The van der Waals surface area contributed by atoms with Gasteiger partial charge < -0.3 is 9.64 Å². The van der Waals surface area contributed by atoms with E-state index in [1.807, 2.05) is 6.07 Å². The molecule has 0 bridgehead atoms. The summed E-state index contributed by atoms with van der Waals surface area (Å²) in [6.07, 6.45) is 1.52. The zero-order valence-corrected chi connectivity index (χ0v) is 9.81. The minimum Gasteiger partial charge on any atom is -0.476 e. The molecule has 0 aliphatic heterocycles. The summed E-state index contributed by atoms with van der Waals surface area (Å²) in [7, 11) is 0. The van der Waals surface area contributed by atoms with E-state index in [0.717, 1.165) is 19.6 Å². The second-order valence-electron chi connectivity index (χ2n) is 3.37. The number of hydrogen-bond acceptors (Lipinski definition) is 4. The topological polar surface area (TPSA) is 49.1 Å². The lowest BCUT2D eigenvalue weighted by Crippen LogP contribution is -2.28. The molecule has 1 rings (SSSR count). The molecule has 0 amide bonds. The maximum Gasteiger partial charge on any atom is 0.213 e. The van der Waals surface area contributed by atoms with Crippen molar-refractivity contribution in [1.82, 2.24) is 9.88 Å². The van der Waals surface area contributed by atoms with Crippen LogP contribution in [0.5, 0.6) is 5.88 Å². The average Bonchev–Trinajstić information content (AvgIpc) is 2.35. The first-order valence-corrected chi connectivity index (χ1v) is 5.51. The summed E-state index contributed by atoms with van der Waals surface area (Å²) in [5, 5.41) is 8.60. The minimum atomic E-state index is 0.552. The Labute approximate surface area is 96.5 Å². The SMILES string of the molecule is CCN(CC)CCOc1ccc(C#N)cn1. The van der Waals surface area contributed by atoms with Gasteiger partial charge in [0.15, 0.2) is 0 Å². The molecule has 0 unspecified atom stereocenters. The van der Waals surface area contributed by atoms with Crippen molar-refractivity contribution in [2.45, 2.75) is 13.8 Å². The Morgan fingerprint density at radius 3 is 2.62 bits per heavy atom. The van der Waals surface area contributed by atoms with Gasteiger partial charge in [-0.2, -0.15) is 5.26 Å². The summed E-state index contributed by atoms with van der Waals surface area (Å²) in [5.41, 5.74) is 0.552. The predicted molar refractivity (Wildman–Crippen MR) is 62.2 cm³/mol. The first-order chi connectivity index (χ1) is 7.80. The highest BCUT2D eigenvalue weighted by atomic mass is 16.5. The average molecular weight is 219 g/mol. The third-order valence-electron chi connectivity index (χ3n) is 2.42. The van der Waals surface area contributed by atoms with Crippen LogP contribution in [0.3, 0.4) is 0 Å². The molecular weight excluding hydrogens is 202 g/mol. The molecule has 0 N–H and O–H groups in total. The van der Waals surface area contributed by atoms with Crippen LogP contribution in [0.4, 0.5) is 0 Å². The maximum atomic E-state index is 8.60. The van der Waals surface area contributed by atoms with E-state index in [0.29, 0.717) is 18.1 Å². The van der Waals surface area contributed by atoms with E-state index in [1.165, 1.54) is 6.20 Å². The van der Waals surface area contributed by atoms with Crippen LogP contribution in [0.1, 0.15) is 19.4 Å². The summed E-state index contributed by atoms with van der Waals surface area (Å²) >= 11 is 0. The Morgan fingerprint density at radius 2 is 2.12 bits per heavy atom. The Hall–Kier alpha value is -1.60. The van der Waals surface area contributed by atoms with Crippen LogP contribution in [0.25, 0.3) is 0 Å². The van der Waals surface area contributed by atoms with E-state index < -0.39 is 0 Å². The van der Waals surface area contributed by atoms with E-state index >= 15 is 0 Å². The van der Waals surface area contributed by atoms with Gasteiger partial charge in [0.25, 0.3) is 0 Å². The van der Waals surface area contributed by atoms with Crippen molar-refractivity contribution in [3.8, 4) is 11.9 Å². The Kier molecular flexibility index (Phi) is 5.30. The quantitative estimate of drug-likeness (QED) is 0.730. The van der Waals surface area contributed by atoms with Crippen LogP contribution >= 0.6 is 0 Å². The molecule has 16 heavy (non-hydrogen) atoms. The summed E-state index contributed by atoms with van der Waals surface area (Å²) in [6, 6.07) is 5.45. The van der Waals surface area contributed by atoms with E-state index in [4.69, 9.17) is 10.00 Å². The fourth-order valence-corrected chi connectivity index (χ4v) is 1.35. The molecule has 0 aromatic carbocycles. The highest BCUT2D eigenvalue weighted by Gasteiger charge is 2.00. The third-order valence-corrected chi connectivity index (χ3v) is 2.42. The van der Waals surface area contributed by atoms with Gasteiger partial charge in [0.1, 0.15) is 12.7 Å². The van der Waals surface area contributed by atoms with Crippen LogP contribution in [0.2, 0.25) is 0 Å². The molecule has 1 heterocycles. The molecule has 0 aliphatic rings. The van der Waals surface area contributed by atoms with E-state index in [9.17, 15) is 0 Å². The Morgan fingerprint density at radius 1 is 1.38 bits per heavy atom. The minimum absolute atomic E-state index is 0.552. The third kappa shape index (κ3) is 3.87. The summed E-state index contributed by atoms with van der Waals surface area (Å²) in [4.78, 5) is 6.32. The molecule has 0 fully saturated rings. The summed E-state index contributed by atoms with van der Waals surface area (Å²) < 4.78 is 5.48. The number of rotatable bonds is 6. The molecule has 4 heteroatoms. The van der Waals surface area contributed by atoms with Gasteiger partial charge in [-0.05, 0) is 19.2 Å². The Bertz CT molecular complexity index is 338. The second kappa shape index (κ2) is 6.81. The fourth-order valence-electron chi connectivity index (χ4n) is 1.35. The van der Waals surface area contributed by atoms with Crippen molar-refractivity contribution in [3.63, 3.8) is 0 Å². The van der Waals surface area contributed by atoms with Gasteiger partial charge in [-0.15, -0.1) is 0 Å². The van der Waals surface area contributed by atoms with Crippen LogP contribution in [-0.4, -0.2) is 36.1 Å². The number of nitrogens with zero attached hydrogens (tertiary/aromatic N) is 3. The Balaban J connectivity index is 2.34. The molecule has 0 saturated heterocycles. The lowest BCUT2D eigenvalue weighted by atomic mass is 10.3. The number of aromatic nitrogens is 1. The predicted octanol–water partition coefficient (Wildman–Crippen LogP) is 1.67. The molecule has 0 atom stereocenters. The van der Waals surface area contributed by atoms with Crippen molar-refractivity contribution in [2.24, 2.45) is 0 Å². The lowest BCUT2D eigenvalue weighted by molar-refractivity contribution is 0.218. The summed E-state index contributed by atoms with van der Waals surface area (Å²) in [6.45, 7) is 7.84. The molecule has 0 aliphatic carbocycles. The molecule has 4 nitrogen and oxygen atoms in total. The molecule has 86 valence electrons. The van der Waals surface area contributed by atoms with E-state index in [1.54, 1.807) is 12.1 Å². The van der Waals surface area contributed by atoms with Gasteiger partial charge in [-0.25, -0.2) is 4.98 Å². The number of likely N-dealkylation sites (N-methyl/N-ethyl adjacent to an activating group) is 1. The fraction of sp³-hybridized carbons (Fsp3) is 0.500. The molecule has 0 spiro atoms. The normalized spacial score (nSPS) is 10.1. The zero-order chi connectivity index (χ0) is 11.8. The second-order valence-corrected chi connectivity index (χ2v) is 3.37. The van der Waals surface area contributed by atoms with Crippen molar-refractivity contribution < 1.29 is 4.74 Å². The highest BCUT2D eigenvalue weighted by Crippen LogP contribution is 2.06. The van der Waals surface area contributed by atoms with Gasteiger partial charge in [-0.3, -0.25) is 0 Å². The van der Waals surface area contributed by atoms with Gasteiger partial charge in [0.05, 0.1) is 5.56 Å². The number of nitriles is 1. The summed E-state index contributed by atoms with van der Waals surface area (Å²) in [5.74, 6) is 0.575. The van der Waals surface area contributed by atoms with Crippen LogP contribution in [-0.2, 0) is 0 Å². The maximum absolute atomic E-state index is 8.60.